The lowest BCUT2D eigenvalue weighted by Crippen LogP contribution is -2.40. The quantitative estimate of drug-likeness (QED) is 0.633. The van der Waals surface area contributed by atoms with Gasteiger partial charge in [-0.1, -0.05) is 50.6 Å². The van der Waals surface area contributed by atoms with Crippen LogP contribution in [0.3, 0.4) is 0 Å². The van der Waals surface area contributed by atoms with E-state index in [-0.39, 0.29) is 27.5 Å². The van der Waals surface area contributed by atoms with Gasteiger partial charge in [0, 0.05) is 17.2 Å². The van der Waals surface area contributed by atoms with E-state index in [1.165, 1.54) is 12.1 Å². The third kappa shape index (κ3) is 4.34. The van der Waals surface area contributed by atoms with Crippen LogP contribution >= 0.6 is 11.6 Å². The maximum Gasteiger partial charge on any atom is 0.430 e. The van der Waals surface area contributed by atoms with Gasteiger partial charge in [-0.3, -0.25) is 0 Å². The molecule has 0 radical (unpaired) electrons. The summed E-state index contributed by atoms with van der Waals surface area (Å²) in [6.07, 6.45) is -6.55. The van der Waals surface area contributed by atoms with Gasteiger partial charge >= 0.3 is 12.1 Å². The Balaban J connectivity index is 2.04. The van der Waals surface area contributed by atoms with Crippen molar-refractivity contribution < 1.29 is 32.5 Å². The molecule has 1 unspecified atom stereocenters. The van der Waals surface area contributed by atoms with Crippen LogP contribution in [0.1, 0.15) is 31.9 Å². The molecule has 1 aliphatic heterocycles. The summed E-state index contributed by atoms with van der Waals surface area (Å²) in [4.78, 5) is 11.2. The normalized spacial score (nSPS) is 16.5. The van der Waals surface area contributed by atoms with Crippen LogP contribution in [-0.2, 0) is 10.2 Å². The molecule has 2 aromatic rings. The van der Waals surface area contributed by atoms with Crippen molar-refractivity contribution in [1.82, 2.24) is 0 Å². The molecular weight excluding hydrogens is 409 g/mol. The van der Waals surface area contributed by atoms with Crippen molar-refractivity contribution in [3.8, 4) is 17.2 Å². The lowest BCUT2D eigenvalue weighted by atomic mass is 9.86. The van der Waals surface area contributed by atoms with Crippen LogP contribution in [0.5, 0.6) is 17.2 Å². The summed E-state index contributed by atoms with van der Waals surface area (Å²) in [7, 11) is 0. The lowest BCUT2D eigenvalue weighted by Gasteiger charge is -2.28. The van der Waals surface area contributed by atoms with Gasteiger partial charge in [0.2, 0.25) is 6.10 Å². The number of carboxylic acid groups (broad SMARTS) is 1. The smallest absolute Gasteiger partial charge is 0.430 e. The lowest BCUT2D eigenvalue weighted by molar-refractivity contribution is -0.187. The Morgan fingerprint density at radius 1 is 1.14 bits per heavy atom. The summed E-state index contributed by atoms with van der Waals surface area (Å²) in [6.45, 7) is 6.00. The third-order valence-corrected chi connectivity index (χ3v) is 4.66. The first kappa shape index (κ1) is 21.0. The molecule has 0 aliphatic carbocycles. The largest absolute Gasteiger partial charge is 0.478 e. The van der Waals surface area contributed by atoms with Crippen LogP contribution in [0, 0.1) is 0 Å². The molecule has 1 N–H and O–H groups in total. The van der Waals surface area contributed by atoms with Crippen LogP contribution in [-0.4, -0.2) is 23.4 Å². The summed E-state index contributed by atoms with van der Waals surface area (Å²) in [5.41, 5.74) is -0.137. The Labute approximate surface area is 170 Å². The molecule has 1 aliphatic rings. The predicted octanol–water partition coefficient (Wildman–Crippen LogP) is 6.22. The molecule has 0 bridgehead atoms. The molecule has 4 nitrogen and oxygen atoms in total. The van der Waals surface area contributed by atoms with E-state index in [0.29, 0.717) is 5.75 Å². The fraction of sp³-hybridized carbons (Fsp3) is 0.286. The average molecular weight is 427 g/mol. The highest BCUT2D eigenvalue weighted by Gasteiger charge is 2.48. The molecule has 8 heteroatoms. The Kier molecular flexibility index (Phi) is 5.30. The van der Waals surface area contributed by atoms with Crippen LogP contribution in [0.4, 0.5) is 13.2 Å². The summed E-state index contributed by atoms with van der Waals surface area (Å²) in [6, 6.07) is 9.82. The molecule has 1 atom stereocenters. The van der Waals surface area contributed by atoms with Crippen LogP contribution in [0.15, 0.2) is 42.0 Å². The van der Waals surface area contributed by atoms with Crippen LogP contribution in [0.25, 0.3) is 6.08 Å². The van der Waals surface area contributed by atoms with E-state index in [9.17, 15) is 18.0 Å². The molecule has 29 heavy (non-hydrogen) atoms. The number of benzene rings is 2. The van der Waals surface area contributed by atoms with Gasteiger partial charge < -0.3 is 14.6 Å². The van der Waals surface area contributed by atoms with Crippen LogP contribution in [0.2, 0.25) is 5.02 Å². The minimum atomic E-state index is -4.89. The topological polar surface area (TPSA) is 55.8 Å². The number of para-hydroxylation sites is 1. The molecule has 0 saturated heterocycles. The second kappa shape index (κ2) is 7.30. The molecule has 0 aromatic heterocycles. The number of halogens is 4. The van der Waals surface area contributed by atoms with Crippen molar-refractivity contribution in [2.24, 2.45) is 0 Å². The van der Waals surface area contributed by atoms with Gasteiger partial charge in [0.1, 0.15) is 17.2 Å². The van der Waals surface area contributed by atoms with Crippen molar-refractivity contribution in [3.63, 3.8) is 0 Å². The number of aliphatic carboxylic acids is 1. The van der Waals surface area contributed by atoms with Crippen molar-refractivity contribution in [2.75, 3.05) is 0 Å². The number of hydrogen-bond acceptors (Lipinski definition) is 3. The molecule has 1 heterocycles. The minimum Gasteiger partial charge on any atom is -0.478 e. The molecule has 0 amide bonds. The summed E-state index contributed by atoms with van der Waals surface area (Å²) in [5, 5.41) is 9.23. The number of fused-ring (bicyclic) bond motifs is 1. The van der Waals surface area contributed by atoms with Crippen molar-refractivity contribution >= 4 is 23.6 Å². The number of alkyl halides is 3. The summed E-state index contributed by atoms with van der Waals surface area (Å²) in [5.74, 6) is -1.26. The first-order chi connectivity index (χ1) is 13.4. The molecule has 0 spiro atoms. The average Bonchev–Trinajstić information content (AvgIpc) is 2.60. The van der Waals surface area contributed by atoms with Gasteiger partial charge in [0.05, 0.1) is 10.6 Å². The van der Waals surface area contributed by atoms with E-state index in [1.54, 1.807) is 12.1 Å². The van der Waals surface area contributed by atoms with Gasteiger partial charge in [-0.05, 0) is 23.6 Å². The number of carbonyl (C=O) groups is 1. The Bertz CT molecular complexity index is 990. The number of carboxylic acids is 1. The van der Waals surface area contributed by atoms with Gasteiger partial charge in [0.25, 0.3) is 0 Å². The second-order valence-corrected chi connectivity index (χ2v) is 8.02. The van der Waals surface area contributed by atoms with Crippen LogP contribution < -0.4 is 9.47 Å². The van der Waals surface area contributed by atoms with E-state index in [4.69, 9.17) is 26.2 Å². The van der Waals surface area contributed by atoms with E-state index >= 15 is 0 Å². The van der Waals surface area contributed by atoms with E-state index in [2.05, 4.69) is 0 Å². The summed E-state index contributed by atoms with van der Waals surface area (Å²) >= 11 is 6.25. The SMILES string of the molecule is CC(C)(C)c1ccccc1Oc1cc2c(cc1Cl)C=C(C(=O)O)C(C(F)(F)F)O2. The third-order valence-electron chi connectivity index (χ3n) is 4.36. The van der Waals surface area contributed by atoms with Gasteiger partial charge in [-0.25, -0.2) is 4.79 Å². The minimum absolute atomic E-state index is 0.107. The predicted molar refractivity (Wildman–Crippen MR) is 103 cm³/mol. The molecule has 2 aromatic carbocycles. The monoisotopic (exact) mass is 426 g/mol. The Hall–Kier alpha value is -2.67. The highest BCUT2D eigenvalue weighted by molar-refractivity contribution is 6.32. The molecular formula is C21H18ClF3O4. The van der Waals surface area contributed by atoms with Crippen molar-refractivity contribution in [2.45, 2.75) is 38.5 Å². The number of rotatable bonds is 3. The number of hydrogen-bond donors (Lipinski definition) is 1. The Morgan fingerprint density at radius 3 is 2.38 bits per heavy atom. The van der Waals surface area contributed by atoms with Gasteiger partial charge in [-0.15, -0.1) is 0 Å². The second-order valence-electron chi connectivity index (χ2n) is 7.61. The van der Waals surface area contributed by atoms with E-state index in [1.807, 2.05) is 32.9 Å². The summed E-state index contributed by atoms with van der Waals surface area (Å²) < 4.78 is 50.7. The molecule has 0 saturated carbocycles. The molecule has 3 rings (SSSR count). The van der Waals surface area contributed by atoms with E-state index in [0.717, 1.165) is 11.6 Å². The molecule has 154 valence electrons. The molecule has 0 fully saturated rings. The first-order valence-corrected chi connectivity index (χ1v) is 9.05. The fourth-order valence-corrected chi connectivity index (χ4v) is 3.20. The van der Waals surface area contributed by atoms with Crippen molar-refractivity contribution in [1.29, 1.82) is 0 Å². The fourth-order valence-electron chi connectivity index (χ4n) is 2.99. The number of ether oxygens (including phenoxy) is 2. The highest BCUT2D eigenvalue weighted by atomic mass is 35.5. The van der Waals surface area contributed by atoms with Gasteiger partial charge in [0.15, 0.2) is 0 Å². The zero-order chi connectivity index (χ0) is 21.6. The van der Waals surface area contributed by atoms with Gasteiger partial charge in [-0.2, -0.15) is 13.2 Å². The standard InChI is InChI=1S/C21H18ClF3O4/c1-20(2,3)13-6-4-5-7-15(13)28-17-10-16-11(9-14(17)22)8-12(19(26)27)18(29-16)21(23,24)25/h4-10,18H,1-3H3,(H,26,27). The zero-order valence-electron chi connectivity index (χ0n) is 15.8. The first-order valence-electron chi connectivity index (χ1n) is 8.67. The Morgan fingerprint density at radius 2 is 1.79 bits per heavy atom. The van der Waals surface area contributed by atoms with Crippen molar-refractivity contribution in [3.05, 3.63) is 58.1 Å². The zero-order valence-corrected chi connectivity index (χ0v) is 16.6. The van der Waals surface area contributed by atoms with E-state index < -0.39 is 23.8 Å². The highest BCUT2D eigenvalue weighted by Crippen LogP contribution is 2.43. The maximum atomic E-state index is 13.3. The maximum absolute atomic E-state index is 13.3.